The van der Waals surface area contributed by atoms with Crippen molar-refractivity contribution in [2.75, 3.05) is 0 Å². The molecule has 5 heteroatoms. The SMILES string of the molecule is O=CC(=O)C1=CNNC=N1. The first-order valence-corrected chi connectivity index (χ1v) is 2.58. The van der Waals surface area contributed by atoms with E-state index in [2.05, 4.69) is 15.8 Å². The van der Waals surface area contributed by atoms with Crippen LogP contribution in [0.25, 0.3) is 0 Å². The van der Waals surface area contributed by atoms with E-state index in [1.54, 1.807) is 0 Å². The zero-order valence-corrected chi connectivity index (χ0v) is 5.00. The third-order valence-corrected chi connectivity index (χ3v) is 0.920. The second-order valence-electron chi connectivity index (χ2n) is 1.56. The topological polar surface area (TPSA) is 70.6 Å². The van der Waals surface area contributed by atoms with Gasteiger partial charge in [0.05, 0.1) is 0 Å². The molecule has 0 atom stereocenters. The Kier molecular flexibility index (Phi) is 1.79. The number of nitrogens with one attached hydrogen (secondary N) is 2. The Labute approximate surface area is 56.8 Å². The van der Waals surface area contributed by atoms with Crippen LogP contribution >= 0.6 is 0 Å². The molecule has 0 saturated heterocycles. The number of aldehydes is 1. The van der Waals surface area contributed by atoms with Crippen molar-refractivity contribution in [1.29, 1.82) is 0 Å². The molecule has 1 heterocycles. The van der Waals surface area contributed by atoms with Crippen molar-refractivity contribution in [2.24, 2.45) is 4.99 Å². The predicted octanol–water partition coefficient (Wildman–Crippen LogP) is -1.27. The molecule has 1 aliphatic heterocycles. The normalized spacial score (nSPS) is 14.6. The van der Waals surface area contributed by atoms with Gasteiger partial charge in [-0.1, -0.05) is 0 Å². The van der Waals surface area contributed by atoms with E-state index in [1.807, 2.05) is 0 Å². The standard InChI is InChI=1S/C5H5N3O2/c9-2-5(10)4-1-7-8-3-6-4/h1-3,7H,(H,6,8). The molecule has 0 amide bonds. The van der Waals surface area contributed by atoms with Crippen LogP contribution in [-0.2, 0) is 9.59 Å². The van der Waals surface area contributed by atoms with Crippen LogP contribution in [0.3, 0.4) is 0 Å². The molecule has 5 nitrogen and oxygen atoms in total. The summed E-state index contributed by atoms with van der Waals surface area (Å²) in [5, 5.41) is 0. The number of hydrogen-bond acceptors (Lipinski definition) is 5. The monoisotopic (exact) mass is 139 g/mol. The maximum atomic E-state index is 10.5. The van der Waals surface area contributed by atoms with Gasteiger partial charge in [0.1, 0.15) is 12.0 Å². The summed E-state index contributed by atoms with van der Waals surface area (Å²) in [4.78, 5) is 24.0. The fourth-order valence-electron chi connectivity index (χ4n) is 0.482. The Morgan fingerprint density at radius 2 is 2.40 bits per heavy atom. The lowest BCUT2D eigenvalue weighted by Crippen LogP contribution is -2.29. The van der Waals surface area contributed by atoms with Crippen molar-refractivity contribution in [3.63, 3.8) is 0 Å². The number of hydrazine groups is 1. The summed E-state index contributed by atoms with van der Waals surface area (Å²) in [5.41, 5.74) is 5.12. The molecule has 0 radical (unpaired) electrons. The quantitative estimate of drug-likeness (QED) is 0.369. The zero-order chi connectivity index (χ0) is 7.40. The molecule has 0 aliphatic carbocycles. The summed E-state index contributed by atoms with van der Waals surface area (Å²) in [7, 11) is 0. The van der Waals surface area contributed by atoms with Gasteiger partial charge in [-0.2, -0.15) is 0 Å². The van der Waals surface area contributed by atoms with Crippen molar-refractivity contribution >= 4 is 18.4 Å². The van der Waals surface area contributed by atoms with E-state index in [4.69, 9.17) is 0 Å². The van der Waals surface area contributed by atoms with Crippen LogP contribution in [0.2, 0.25) is 0 Å². The number of allylic oxidation sites excluding steroid dienone is 1. The van der Waals surface area contributed by atoms with Gasteiger partial charge in [0.2, 0.25) is 5.78 Å². The van der Waals surface area contributed by atoms with Gasteiger partial charge in [-0.05, 0) is 0 Å². The molecule has 0 aromatic heterocycles. The van der Waals surface area contributed by atoms with Crippen LogP contribution in [-0.4, -0.2) is 18.4 Å². The number of Topliss-reactive ketones (excluding diaryl/α,β-unsaturated/α-hetero) is 1. The fourth-order valence-corrected chi connectivity index (χ4v) is 0.482. The molecule has 1 rings (SSSR count). The summed E-state index contributed by atoms with van der Waals surface area (Å²) in [6.45, 7) is 0. The lowest BCUT2D eigenvalue weighted by molar-refractivity contribution is -0.127. The number of ketones is 1. The smallest absolute Gasteiger partial charge is 0.245 e. The van der Waals surface area contributed by atoms with Gasteiger partial charge in [-0.15, -0.1) is 0 Å². The van der Waals surface area contributed by atoms with Crippen molar-refractivity contribution in [3.8, 4) is 0 Å². The Balaban J connectivity index is 2.72. The van der Waals surface area contributed by atoms with E-state index < -0.39 is 5.78 Å². The maximum absolute atomic E-state index is 10.5. The van der Waals surface area contributed by atoms with Crippen molar-refractivity contribution in [3.05, 3.63) is 11.9 Å². The van der Waals surface area contributed by atoms with Crippen molar-refractivity contribution < 1.29 is 9.59 Å². The molecule has 0 saturated carbocycles. The Morgan fingerprint density at radius 3 is 2.90 bits per heavy atom. The van der Waals surface area contributed by atoms with E-state index in [0.717, 1.165) is 0 Å². The van der Waals surface area contributed by atoms with Gasteiger partial charge in [0, 0.05) is 6.20 Å². The molecule has 0 aromatic rings. The molecule has 10 heavy (non-hydrogen) atoms. The predicted molar refractivity (Wildman–Crippen MR) is 33.9 cm³/mol. The zero-order valence-electron chi connectivity index (χ0n) is 5.00. The van der Waals surface area contributed by atoms with Crippen LogP contribution < -0.4 is 10.9 Å². The van der Waals surface area contributed by atoms with Gasteiger partial charge in [-0.3, -0.25) is 15.0 Å². The minimum Gasteiger partial charge on any atom is -0.305 e. The Bertz CT molecular complexity index is 219. The minimum absolute atomic E-state index is 0.105. The minimum atomic E-state index is -0.634. The van der Waals surface area contributed by atoms with Gasteiger partial charge < -0.3 is 5.43 Å². The summed E-state index contributed by atoms with van der Waals surface area (Å²) < 4.78 is 0. The third kappa shape index (κ3) is 1.19. The fraction of sp³-hybridized carbons (Fsp3) is 0. The first-order valence-electron chi connectivity index (χ1n) is 2.58. The summed E-state index contributed by atoms with van der Waals surface area (Å²) in [6, 6.07) is 0. The average Bonchev–Trinajstić information content (AvgIpc) is 2.05. The first kappa shape index (κ1) is 6.47. The van der Waals surface area contributed by atoms with E-state index in [-0.39, 0.29) is 12.0 Å². The lowest BCUT2D eigenvalue weighted by atomic mass is 10.3. The highest BCUT2D eigenvalue weighted by atomic mass is 16.2. The number of hydrogen-bond donors (Lipinski definition) is 2. The maximum Gasteiger partial charge on any atom is 0.245 e. The summed E-state index contributed by atoms with van der Waals surface area (Å²) >= 11 is 0. The lowest BCUT2D eigenvalue weighted by Gasteiger charge is -2.04. The van der Waals surface area contributed by atoms with Gasteiger partial charge >= 0.3 is 0 Å². The second kappa shape index (κ2) is 2.77. The van der Waals surface area contributed by atoms with Crippen LogP contribution in [0.4, 0.5) is 0 Å². The molecule has 0 spiro atoms. The van der Waals surface area contributed by atoms with Crippen LogP contribution in [0.1, 0.15) is 0 Å². The van der Waals surface area contributed by atoms with Crippen LogP contribution in [0, 0.1) is 0 Å². The number of aliphatic imine (C=N–C) groups is 1. The number of rotatable bonds is 2. The third-order valence-electron chi connectivity index (χ3n) is 0.920. The molecular formula is C5H5N3O2. The van der Waals surface area contributed by atoms with E-state index in [1.165, 1.54) is 12.5 Å². The highest BCUT2D eigenvalue weighted by Crippen LogP contribution is 1.94. The molecule has 0 aromatic carbocycles. The summed E-state index contributed by atoms with van der Waals surface area (Å²) in [6.07, 6.45) is 2.82. The van der Waals surface area contributed by atoms with Crippen LogP contribution in [0.5, 0.6) is 0 Å². The van der Waals surface area contributed by atoms with E-state index in [9.17, 15) is 9.59 Å². The molecular weight excluding hydrogens is 134 g/mol. The first-order chi connectivity index (χ1) is 4.84. The molecule has 0 fully saturated rings. The van der Waals surface area contributed by atoms with E-state index >= 15 is 0 Å². The Morgan fingerprint density at radius 1 is 1.60 bits per heavy atom. The van der Waals surface area contributed by atoms with Gasteiger partial charge in [0.25, 0.3) is 0 Å². The largest absolute Gasteiger partial charge is 0.305 e. The number of carbonyl (C=O) groups excluding carboxylic acids is 2. The van der Waals surface area contributed by atoms with Gasteiger partial charge in [-0.25, -0.2) is 4.99 Å². The molecule has 0 unspecified atom stereocenters. The van der Waals surface area contributed by atoms with E-state index in [0.29, 0.717) is 0 Å². The molecule has 2 N–H and O–H groups in total. The number of nitrogens with zero attached hydrogens (tertiary/aromatic N) is 1. The summed E-state index contributed by atoms with van der Waals surface area (Å²) in [5.74, 6) is -0.634. The Hall–Kier alpha value is -1.65. The molecule has 0 bridgehead atoms. The van der Waals surface area contributed by atoms with Crippen molar-refractivity contribution in [2.45, 2.75) is 0 Å². The average molecular weight is 139 g/mol. The van der Waals surface area contributed by atoms with Crippen LogP contribution in [0.15, 0.2) is 16.9 Å². The number of carbonyl (C=O) groups is 2. The molecule has 52 valence electrons. The highest BCUT2D eigenvalue weighted by Gasteiger charge is 2.06. The van der Waals surface area contributed by atoms with Crippen molar-refractivity contribution in [1.82, 2.24) is 10.9 Å². The van der Waals surface area contributed by atoms with Gasteiger partial charge in [0.15, 0.2) is 6.29 Å². The highest BCUT2D eigenvalue weighted by molar-refractivity contribution is 6.33. The second-order valence-corrected chi connectivity index (χ2v) is 1.56. The molecule has 1 aliphatic rings.